The molecule has 32 heavy (non-hydrogen) atoms. The number of ether oxygens (including phenoxy) is 1. The maximum Gasteiger partial charge on any atom is 0.339 e. The van der Waals surface area contributed by atoms with Crippen LogP contribution >= 0.6 is 0 Å². The first-order chi connectivity index (χ1) is 15.5. The molecule has 2 aromatic carbocycles. The van der Waals surface area contributed by atoms with Crippen LogP contribution in [0.15, 0.2) is 51.8 Å². The van der Waals surface area contributed by atoms with Gasteiger partial charge in [-0.05, 0) is 68.9 Å². The Morgan fingerprint density at radius 1 is 1.16 bits per heavy atom. The van der Waals surface area contributed by atoms with Gasteiger partial charge < -0.3 is 19.5 Å². The molecule has 6 nitrogen and oxygen atoms in total. The molecule has 0 spiro atoms. The van der Waals surface area contributed by atoms with E-state index in [1.807, 2.05) is 43.5 Å². The summed E-state index contributed by atoms with van der Waals surface area (Å²) in [5, 5.41) is 5.10. The number of aryl methyl sites for hydroxylation is 2. The molecule has 6 heteroatoms. The van der Waals surface area contributed by atoms with Gasteiger partial charge in [0.25, 0.3) is 5.91 Å². The van der Waals surface area contributed by atoms with Gasteiger partial charge in [-0.25, -0.2) is 4.79 Å². The molecule has 164 valence electrons. The normalized spacial score (nSPS) is 13.9. The number of hydrogen-bond donors (Lipinski definition) is 2. The van der Waals surface area contributed by atoms with Crippen LogP contribution in [-0.4, -0.2) is 23.5 Å². The lowest BCUT2D eigenvalue weighted by atomic mass is 10.0. The summed E-state index contributed by atoms with van der Waals surface area (Å²) in [4.78, 5) is 28.2. The molecule has 4 aromatic rings. The van der Waals surface area contributed by atoms with E-state index in [4.69, 9.17) is 9.15 Å². The second-order valence-corrected chi connectivity index (χ2v) is 8.43. The van der Waals surface area contributed by atoms with Crippen LogP contribution in [0.2, 0.25) is 0 Å². The van der Waals surface area contributed by atoms with Gasteiger partial charge in [-0.1, -0.05) is 18.2 Å². The van der Waals surface area contributed by atoms with Crippen molar-refractivity contribution in [2.75, 3.05) is 6.54 Å². The molecule has 1 unspecified atom stereocenters. The molecule has 2 aromatic heterocycles. The van der Waals surface area contributed by atoms with Crippen LogP contribution in [0.1, 0.15) is 35.6 Å². The fraction of sp³-hybridized carbons (Fsp3) is 0.308. The molecule has 0 aliphatic heterocycles. The van der Waals surface area contributed by atoms with Crippen LogP contribution in [0.4, 0.5) is 0 Å². The minimum Gasteiger partial charge on any atom is -0.480 e. The van der Waals surface area contributed by atoms with Crippen molar-refractivity contribution < 1.29 is 13.9 Å². The van der Waals surface area contributed by atoms with E-state index in [-0.39, 0.29) is 11.5 Å². The van der Waals surface area contributed by atoms with Gasteiger partial charge in [-0.2, -0.15) is 0 Å². The molecule has 0 bridgehead atoms. The Balaban J connectivity index is 1.26. The quantitative estimate of drug-likeness (QED) is 0.449. The van der Waals surface area contributed by atoms with E-state index in [2.05, 4.69) is 16.4 Å². The maximum absolute atomic E-state index is 12.6. The minimum absolute atomic E-state index is 0.181. The van der Waals surface area contributed by atoms with Crippen LogP contribution in [0.5, 0.6) is 5.75 Å². The van der Waals surface area contributed by atoms with Crippen molar-refractivity contribution in [2.24, 2.45) is 0 Å². The summed E-state index contributed by atoms with van der Waals surface area (Å²) in [5.74, 6) is 0.373. The van der Waals surface area contributed by atoms with E-state index in [9.17, 15) is 9.59 Å². The smallest absolute Gasteiger partial charge is 0.339 e. The van der Waals surface area contributed by atoms with Gasteiger partial charge in [0.05, 0.1) is 0 Å². The molecule has 0 saturated heterocycles. The number of aromatic amines is 1. The zero-order valence-electron chi connectivity index (χ0n) is 18.3. The number of carbonyl (C=O) groups is 1. The largest absolute Gasteiger partial charge is 0.480 e. The summed E-state index contributed by atoms with van der Waals surface area (Å²) in [5.41, 5.74) is 5.20. The first-order valence-corrected chi connectivity index (χ1v) is 11.1. The molecule has 0 saturated carbocycles. The standard InChI is InChI=1S/C26H26N2O4/c1-15-23(11-10-20-19-7-5-8-21(19)26(30)32-24(15)20)31-16(2)25(29)27-13-12-17-14-28-22-9-4-3-6-18(17)22/h3-4,6,9-11,14,16,28H,5,7-8,12-13H2,1-2H3,(H,27,29). The monoisotopic (exact) mass is 430 g/mol. The van der Waals surface area contributed by atoms with Crippen LogP contribution in [0, 0.1) is 6.92 Å². The molecule has 5 rings (SSSR count). The van der Waals surface area contributed by atoms with E-state index in [1.165, 1.54) is 10.9 Å². The lowest BCUT2D eigenvalue weighted by molar-refractivity contribution is -0.127. The zero-order chi connectivity index (χ0) is 22.2. The summed E-state index contributed by atoms with van der Waals surface area (Å²) in [6.45, 7) is 4.11. The lowest BCUT2D eigenvalue weighted by Gasteiger charge is -2.17. The summed E-state index contributed by atoms with van der Waals surface area (Å²) >= 11 is 0. The van der Waals surface area contributed by atoms with Crippen molar-refractivity contribution in [3.8, 4) is 5.75 Å². The van der Waals surface area contributed by atoms with E-state index in [1.54, 1.807) is 6.92 Å². The molecule has 1 amide bonds. The van der Waals surface area contributed by atoms with Crippen LogP contribution in [0.25, 0.3) is 21.9 Å². The SMILES string of the molecule is Cc1c(OC(C)C(=O)NCCc2c[nH]c3ccccc23)ccc2c3c(c(=O)oc12)CCC3. The molecule has 1 aliphatic carbocycles. The number of para-hydroxylation sites is 1. The highest BCUT2D eigenvalue weighted by molar-refractivity contribution is 5.87. The highest BCUT2D eigenvalue weighted by Gasteiger charge is 2.22. The van der Waals surface area contributed by atoms with Crippen molar-refractivity contribution in [2.45, 2.75) is 45.6 Å². The van der Waals surface area contributed by atoms with Crippen molar-refractivity contribution in [1.29, 1.82) is 0 Å². The zero-order valence-corrected chi connectivity index (χ0v) is 18.3. The average molecular weight is 431 g/mol. The second-order valence-electron chi connectivity index (χ2n) is 8.43. The van der Waals surface area contributed by atoms with Gasteiger partial charge in [-0.15, -0.1) is 0 Å². The Hall–Kier alpha value is -3.54. The average Bonchev–Trinajstić information content (AvgIpc) is 3.44. The lowest BCUT2D eigenvalue weighted by Crippen LogP contribution is -2.37. The van der Waals surface area contributed by atoms with Gasteiger partial charge in [0.1, 0.15) is 11.3 Å². The molecule has 2 heterocycles. The van der Waals surface area contributed by atoms with Crippen molar-refractivity contribution in [1.82, 2.24) is 10.3 Å². The molecular weight excluding hydrogens is 404 g/mol. The van der Waals surface area contributed by atoms with Crippen LogP contribution in [-0.2, 0) is 24.1 Å². The first kappa shape index (κ1) is 20.4. The number of rotatable bonds is 6. The molecular formula is C26H26N2O4. The van der Waals surface area contributed by atoms with E-state index < -0.39 is 6.10 Å². The van der Waals surface area contributed by atoms with Crippen LogP contribution in [0.3, 0.4) is 0 Å². The van der Waals surface area contributed by atoms with Crippen molar-refractivity contribution in [3.63, 3.8) is 0 Å². The van der Waals surface area contributed by atoms with Gasteiger partial charge in [0, 0.05) is 40.2 Å². The highest BCUT2D eigenvalue weighted by atomic mass is 16.5. The third-order valence-corrected chi connectivity index (χ3v) is 6.38. The fourth-order valence-corrected chi connectivity index (χ4v) is 4.64. The highest BCUT2D eigenvalue weighted by Crippen LogP contribution is 2.33. The molecule has 0 radical (unpaired) electrons. The number of hydrogen-bond acceptors (Lipinski definition) is 4. The summed E-state index contributed by atoms with van der Waals surface area (Å²) in [7, 11) is 0. The van der Waals surface area contributed by atoms with Crippen LogP contribution < -0.4 is 15.7 Å². The fourth-order valence-electron chi connectivity index (χ4n) is 4.64. The number of H-pyrrole nitrogens is 1. The Morgan fingerprint density at radius 3 is 2.84 bits per heavy atom. The first-order valence-electron chi connectivity index (χ1n) is 11.1. The predicted octanol–water partition coefficient (Wildman–Crippen LogP) is 4.20. The number of benzene rings is 2. The predicted molar refractivity (Wildman–Crippen MR) is 124 cm³/mol. The Bertz CT molecular complexity index is 1380. The van der Waals surface area contributed by atoms with E-state index >= 15 is 0 Å². The number of aromatic nitrogens is 1. The summed E-state index contributed by atoms with van der Waals surface area (Å²) < 4.78 is 11.6. The van der Waals surface area contributed by atoms with Gasteiger partial charge in [0.15, 0.2) is 6.10 Å². The molecule has 0 fully saturated rings. The van der Waals surface area contributed by atoms with Crippen molar-refractivity contribution in [3.05, 3.63) is 75.3 Å². The third kappa shape index (κ3) is 3.55. The minimum atomic E-state index is -0.671. The van der Waals surface area contributed by atoms with E-state index in [0.717, 1.165) is 53.3 Å². The Morgan fingerprint density at radius 2 is 1.97 bits per heavy atom. The molecule has 1 atom stereocenters. The topological polar surface area (TPSA) is 84.3 Å². The second kappa shape index (κ2) is 8.19. The Kier molecular flexibility index (Phi) is 5.21. The molecule has 1 aliphatic rings. The van der Waals surface area contributed by atoms with E-state index in [0.29, 0.717) is 17.9 Å². The number of nitrogens with one attached hydrogen (secondary N) is 2. The Labute approximate surface area is 185 Å². The van der Waals surface area contributed by atoms with Crippen molar-refractivity contribution >= 4 is 27.8 Å². The third-order valence-electron chi connectivity index (χ3n) is 6.38. The van der Waals surface area contributed by atoms with Gasteiger partial charge in [-0.3, -0.25) is 4.79 Å². The number of amides is 1. The van der Waals surface area contributed by atoms with Gasteiger partial charge >= 0.3 is 5.63 Å². The van der Waals surface area contributed by atoms with Gasteiger partial charge in [0.2, 0.25) is 0 Å². The summed E-state index contributed by atoms with van der Waals surface area (Å²) in [6, 6.07) is 11.9. The number of carbonyl (C=O) groups excluding carboxylic acids is 1. The summed E-state index contributed by atoms with van der Waals surface area (Å²) in [6.07, 6.45) is 4.70. The molecule has 2 N–H and O–H groups in total. The maximum atomic E-state index is 12.6. The number of fused-ring (bicyclic) bond motifs is 4.